The maximum Gasteiger partial charge on any atom is 0.273 e. The average molecular weight is 783 g/mol. The van der Waals surface area contributed by atoms with Crippen LogP contribution < -0.4 is 4.74 Å². The average Bonchev–Trinajstić information content (AvgIpc) is 3.69. The summed E-state index contributed by atoms with van der Waals surface area (Å²) < 4.78 is 19.6. The van der Waals surface area contributed by atoms with Crippen molar-refractivity contribution in [3.05, 3.63) is 79.4 Å². The molecule has 0 unspecified atom stereocenters. The molecule has 0 radical (unpaired) electrons. The fourth-order valence-corrected chi connectivity index (χ4v) is 7.21. The van der Waals surface area contributed by atoms with E-state index in [1.54, 1.807) is 12.1 Å². The van der Waals surface area contributed by atoms with E-state index >= 15 is 0 Å². The number of hydrogen-bond donors (Lipinski definition) is 2. The lowest BCUT2D eigenvalue weighted by Crippen LogP contribution is -2.22. The van der Waals surface area contributed by atoms with E-state index < -0.39 is 26.0 Å². The highest BCUT2D eigenvalue weighted by Gasteiger charge is 2.23. The van der Waals surface area contributed by atoms with Crippen molar-refractivity contribution in [3.63, 3.8) is 0 Å². The van der Waals surface area contributed by atoms with Crippen LogP contribution >= 0.6 is 0 Å². The number of benzene rings is 2. The molecule has 0 spiro atoms. The molecule has 0 amide bonds. The van der Waals surface area contributed by atoms with Gasteiger partial charge in [-0.25, -0.2) is 4.68 Å². The van der Waals surface area contributed by atoms with Crippen LogP contribution in [0.25, 0.3) is 22.3 Å². The molecule has 14 nitrogen and oxygen atoms in total. The van der Waals surface area contributed by atoms with Crippen LogP contribution in [0.4, 0.5) is 11.4 Å². The third-order valence-corrected chi connectivity index (χ3v) is 12.2. The summed E-state index contributed by atoms with van der Waals surface area (Å²) >= 11 is 0. The third-order valence-electron chi connectivity index (χ3n) is 8.82. The smallest absolute Gasteiger partial charge is 0.273 e. The second kappa shape index (κ2) is 19.8. The predicted molar refractivity (Wildman–Crippen MR) is 218 cm³/mol. The fourth-order valence-electron chi connectivity index (χ4n) is 5.69. The lowest BCUT2D eigenvalue weighted by Gasteiger charge is -2.17. The monoisotopic (exact) mass is 782 g/mol. The second-order valence-corrected chi connectivity index (χ2v) is 26.7. The van der Waals surface area contributed by atoms with Gasteiger partial charge in [-0.3, -0.25) is 25.3 Å². The van der Waals surface area contributed by atoms with E-state index in [1.165, 1.54) is 24.3 Å². The van der Waals surface area contributed by atoms with Crippen LogP contribution in [0.2, 0.25) is 51.4 Å². The van der Waals surface area contributed by atoms with Crippen molar-refractivity contribution in [3.8, 4) is 33.8 Å². The summed E-state index contributed by atoms with van der Waals surface area (Å²) in [5.41, 5.74) is 6.78. The Labute approximate surface area is 320 Å². The van der Waals surface area contributed by atoms with Gasteiger partial charge in [0.15, 0.2) is 6.79 Å². The van der Waals surface area contributed by atoms with Crippen LogP contribution in [-0.2, 0) is 41.9 Å². The Bertz CT molecular complexity index is 1840. The number of rotatable bonds is 19. The van der Waals surface area contributed by atoms with Gasteiger partial charge in [0.05, 0.1) is 33.4 Å². The normalized spacial score (nSPS) is 11.7. The van der Waals surface area contributed by atoms with Crippen LogP contribution in [0.1, 0.15) is 50.5 Å². The third kappa shape index (κ3) is 12.3. The van der Waals surface area contributed by atoms with Crippen molar-refractivity contribution in [2.24, 2.45) is 0 Å². The van der Waals surface area contributed by atoms with E-state index in [2.05, 4.69) is 63.3 Å². The van der Waals surface area contributed by atoms with Gasteiger partial charge in [-0.05, 0) is 49.9 Å². The largest absolute Gasteiger partial charge is 0.507 e. The molecular weight excluding hydrogens is 725 g/mol. The van der Waals surface area contributed by atoms with Gasteiger partial charge in [0.25, 0.3) is 11.4 Å². The van der Waals surface area contributed by atoms with Crippen molar-refractivity contribution < 1.29 is 29.2 Å². The Hall–Kier alpha value is -4.39. The molecule has 2 N–H and O–H groups in total. The molecule has 296 valence electrons. The number of aromatic nitrogens is 4. The number of nitrogens with one attached hydrogen (secondary N) is 1. The van der Waals surface area contributed by atoms with E-state index in [-0.39, 0.29) is 23.9 Å². The van der Waals surface area contributed by atoms with E-state index in [0.29, 0.717) is 24.7 Å². The Morgan fingerprint density at radius 2 is 1.33 bits per heavy atom. The molecule has 0 bridgehead atoms. The number of ether oxygens (including phenoxy) is 3. The molecule has 2 heterocycles. The van der Waals surface area contributed by atoms with Gasteiger partial charge in [0.1, 0.15) is 18.2 Å². The van der Waals surface area contributed by atoms with Crippen molar-refractivity contribution in [2.75, 3.05) is 20.0 Å². The first kappa shape index (κ1) is 44.0. The van der Waals surface area contributed by atoms with Gasteiger partial charge >= 0.3 is 0 Å². The summed E-state index contributed by atoms with van der Waals surface area (Å²) in [6, 6.07) is 11.0. The van der Waals surface area contributed by atoms with Crippen molar-refractivity contribution in [1.82, 2.24) is 20.0 Å². The number of hydrogen-bond acceptors (Lipinski definition) is 10. The van der Waals surface area contributed by atoms with E-state index in [0.717, 1.165) is 83.8 Å². The van der Waals surface area contributed by atoms with Gasteiger partial charge in [0.2, 0.25) is 0 Å². The number of non-ortho nitro benzene ring substituents is 2. The summed E-state index contributed by atoms with van der Waals surface area (Å²) in [6.45, 7) is 23.8. The minimum atomic E-state index is -1.21. The van der Waals surface area contributed by atoms with Gasteiger partial charge < -0.3 is 19.3 Å². The highest BCUT2D eigenvalue weighted by atomic mass is 28.3. The van der Waals surface area contributed by atoms with Crippen LogP contribution in [-0.4, -0.2) is 71.1 Å². The zero-order chi connectivity index (χ0) is 40.2. The van der Waals surface area contributed by atoms with Gasteiger partial charge in [-0.2, -0.15) is 10.2 Å². The SMILES string of the molecule is CCc1n[nH]c(CC)c1-c1ccc([N+](=O)[O-])cc1O.CCc1nn(COCC[Si](C)(C)C)c(CC)c1-c1ccc([N+](=O)[O-])cc1OCOCC[Si](C)(C)C. The Balaban J connectivity index is 0.000000345. The highest BCUT2D eigenvalue weighted by Crippen LogP contribution is 2.39. The lowest BCUT2D eigenvalue weighted by atomic mass is 9.99. The molecule has 0 saturated heterocycles. The lowest BCUT2D eigenvalue weighted by molar-refractivity contribution is -0.385. The number of nitro groups is 2. The first-order chi connectivity index (χ1) is 25.4. The second-order valence-electron chi connectivity index (χ2n) is 15.4. The molecule has 54 heavy (non-hydrogen) atoms. The number of aryl methyl sites for hydroxylation is 3. The van der Waals surface area contributed by atoms with Crippen LogP contribution in [0.3, 0.4) is 0 Å². The molecule has 0 aliphatic carbocycles. The number of nitro benzene ring substituents is 2. The van der Waals surface area contributed by atoms with E-state index in [1.807, 2.05) is 18.5 Å². The van der Waals surface area contributed by atoms with E-state index in [9.17, 15) is 25.3 Å². The maximum atomic E-state index is 11.4. The van der Waals surface area contributed by atoms with Gasteiger partial charge in [-0.15, -0.1) is 0 Å². The summed E-state index contributed by atoms with van der Waals surface area (Å²) in [6.07, 6.45) is 2.96. The fraction of sp³-hybridized carbons (Fsp3) is 0.526. The van der Waals surface area contributed by atoms with Crippen LogP contribution in [0.15, 0.2) is 36.4 Å². The standard InChI is InChI=1S/C25H43N3O5Si2.C13H15N3O3/c1-9-22-25(23(10-2)27(26-22)18-31-13-15-34(3,4)5)21-12-11-20(28(29)30)17-24(21)33-19-32-14-16-35(6,7)8;1-3-10-13(11(4-2)15-14-10)9-6-5-8(16(18)19)7-12(9)17/h11-12,17H,9-10,13-16,18-19H2,1-8H3;5-7,17H,3-4H2,1-2H3,(H,14,15). The Morgan fingerprint density at radius 1 is 0.759 bits per heavy atom. The Kier molecular flexibility index (Phi) is 16.1. The summed E-state index contributed by atoms with van der Waals surface area (Å²) in [7, 11) is -2.38. The van der Waals surface area contributed by atoms with Crippen LogP contribution in [0, 0.1) is 20.2 Å². The minimum absolute atomic E-state index is 0.0102. The van der Waals surface area contributed by atoms with Crippen molar-refractivity contribution in [1.29, 1.82) is 0 Å². The number of aromatic amines is 1. The molecule has 16 heteroatoms. The Morgan fingerprint density at radius 3 is 1.85 bits per heavy atom. The molecule has 4 aromatic rings. The number of H-pyrrole nitrogens is 1. The molecule has 0 saturated carbocycles. The molecule has 0 aliphatic rings. The number of phenolic OH excluding ortho intramolecular Hbond substituents is 1. The zero-order valence-electron chi connectivity index (χ0n) is 33.6. The molecule has 2 aromatic carbocycles. The molecule has 2 aromatic heterocycles. The van der Waals surface area contributed by atoms with Crippen molar-refractivity contribution >= 4 is 27.5 Å². The maximum absolute atomic E-state index is 11.4. The van der Waals surface area contributed by atoms with Crippen molar-refractivity contribution in [2.45, 2.75) is 111 Å². The highest BCUT2D eigenvalue weighted by molar-refractivity contribution is 6.76. The molecule has 0 aliphatic heterocycles. The first-order valence-corrected chi connectivity index (χ1v) is 26.0. The molecular formula is C38H58N6O8Si2. The number of nitrogens with zero attached hydrogens (tertiary/aromatic N) is 5. The first-order valence-electron chi connectivity index (χ1n) is 18.6. The summed E-state index contributed by atoms with van der Waals surface area (Å²) in [5.74, 6) is 0.343. The number of aromatic hydroxyl groups is 1. The van der Waals surface area contributed by atoms with Gasteiger partial charge in [-0.1, -0.05) is 67.0 Å². The van der Waals surface area contributed by atoms with E-state index in [4.69, 9.17) is 19.3 Å². The number of phenols is 1. The predicted octanol–water partition coefficient (Wildman–Crippen LogP) is 9.40. The minimum Gasteiger partial charge on any atom is -0.507 e. The zero-order valence-corrected chi connectivity index (χ0v) is 35.6. The summed E-state index contributed by atoms with van der Waals surface area (Å²) in [4.78, 5) is 21.2. The van der Waals surface area contributed by atoms with Crippen LogP contribution in [0.5, 0.6) is 11.5 Å². The quantitative estimate of drug-likeness (QED) is 0.0306. The molecule has 0 atom stereocenters. The summed E-state index contributed by atoms with van der Waals surface area (Å²) in [5, 5.41) is 44.1. The topological polar surface area (TPSA) is 181 Å². The molecule has 0 fully saturated rings. The molecule has 4 rings (SSSR count). The van der Waals surface area contributed by atoms with Gasteiger partial charge in [0, 0.05) is 75.1 Å².